The van der Waals surface area contributed by atoms with Crippen molar-refractivity contribution < 1.29 is 33.3 Å². The molecule has 2 unspecified atom stereocenters. The minimum absolute atomic E-state index is 0.0231. The zero-order valence-corrected chi connectivity index (χ0v) is 41.7. The van der Waals surface area contributed by atoms with Gasteiger partial charge in [-0.1, -0.05) is 90.0 Å². The first kappa shape index (κ1) is 53.1. The second-order valence-corrected chi connectivity index (χ2v) is 17.4. The molecule has 11 heteroatoms. The lowest BCUT2D eigenvalue weighted by Gasteiger charge is -2.20. The molecule has 2 saturated heterocycles. The lowest BCUT2D eigenvalue weighted by atomic mass is 9.88. The third-order valence-corrected chi connectivity index (χ3v) is 12.3. The van der Waals surface area contributed by atoms with Gasteiger partial charge in [-0.25, -0.2) is 0 Å². The van der Waals surface area contributed by atoms with E-state index in [1.54, 1.807) is 6.07 Å². The van der Waals surface area contributed by atoms with Crippen molar-refractivity contribution in [2.24, 2.45) is 15.9 Å². The van der Waals surface area contributed by atoms with Crippen molar-refractivity contribution in [1.82, 2.24) is 9.80 Å². The number of aryl methyl sites for hydroxylation is 2. The SMILES string of the molecule is C/C=C1\CC(C=Nc2cc(OCc3cc(COc4cc5c(cc4C)C(=O)N4C/C(=C/C)CC4C=N5)cc(OCCCC(=O)OC)c3)c(C)cc2C=O)N(C)C1.CC.CC1CCC1.CCCC. The van der Waals surface area contributed by atoms with Gasteiger partial charge in [-0.15, -0.1) is 0 Å². The van der Waals surface area contributed by atoms with Crippen molar-refractivity contribution in [3.63, 3.8) is 0 Å². The van der Waals surface area contributed by atoms with E-state index in [0.717, 1.165) is 53.8 Å². The molecule has 0 radical (unpaired) electrons. The second kappa shape index (κ2) is 27.2. The third kappa shape index (κ3) is 15.3. The van der Waals surface area contributed by atoms with Gasteiger partial charge in [0, 0.05) is 55.7 Å². The first-order chi connectivity index (χ1) is 31.9. The molecule has 0 bridgehead atoms. The number of methoxy groups -OCH3 is 1. The van der Waals surface area contributed by atoms with Crippen LogP contribution in [-0.4, -0.2) is 86.3 Å². The maximum atomic E-state index is 13.5. The topological polar surface area (TPSA) is 119 Å². The lowest BCUT2D eigenvalue weighted by Crippen LogP contribution is -2.35. The number of esters is 1. The van der Waals surface area contributed by atoms with Gasteiger partial charge in [-0.05, 0) is 113 Å². The molecule has 3 aliphatic heterocycles. The summed E-state index contributed by atoms with van der Waals surface area (Å²) in [5.41, 5.74) is 8.16. The van der Waals surface area contributed by atoms with Gasteiger partial charge in [0.05, 0.1) is 36.7 Å². The molecule has 7 rings (SSSR count). The highest BCUT2D eigenvalue weighted by atomic mass is 16.5. The maximum Gasteiger partial charge on any atom is 0.305 e. The zero-order valence-electron chi connectivity index (χ0n) is 41.7. The maximum absolute atomic E-state index is 13.5. The van der Waals surface area contributed by atoms with Crippen LogP contribution in [0.15, 0.2) is 75.7 Å². The number of carbonyl (C=O) groups excluding carboxylic acids is 3. The van der Waals surface area contributed by atoms with Crippen LogP contribution in [0.2, 0.25) is 0 Å². The molecule has 2 atom stereocenters. The van der Waals surface area contributed by atoms with Crippen LogP contribution in [0.25, 0.3) is 0 Å². The summed E-state index contributed by atoms with van der Waals surface area (Å²) >= 11 is 0. The van der Waals surface area contributed by atoms with Crippen molar-refractivity contribution in [2.45, 2.75) is 145 Å². The first-order valence-corrected chi connectivity index (χ1v) is 24.1. The number of benzene rings is 3. The van der Waals surface area contributed by atoms with Crippen molar-refractivity contribution >= 4 is 42.0 Å². The van der Waals surface area contributed by atoms with Crippen LogP contribution in [0.4, 0.5) is 11.4 Å². The number of likely N-dealkylation sites (N-methyl/N-ethyl adjacent to an activating group) is 1. The number of ether oxygens (including phenoxy) is 4. The zero-order chi connectivity index (χ0) is 48.2. The van der Waals surface area contributed by atoms with Crippen molar-refractivity contribution in [2.75, 3.05) is 33.9 Å². The van der Waals surface area contributed by atoms with Crippen LogP contribution >= 0.6 is 0 Å². The summed E-state index contributed by atoms with van der Waals surface area (Å²) in [5.74, 6) is 2.61. The molecule has 3 heterocycles. The van der Waals surface area contributed by atoms with E-state index in [2.05, 4.69) is 51.8 Å². The van der Waals surface area contributed by atoms with Gasteiger partial charge in [-0.3, -0.25) is 29.3 Å². The molecule has 3 fully saturated rings. The first-order valence-electron chi connectivity index (χ1n) is 24.1. The summed E-state index contributed by atoms with van der Waals surface area (Å²) in [6, 6.07) is 13.2. The number of aliphatic imine (C=N–C) groups is 2. The highest BCUT2D eigenvalue weighted by Gasteiger charge is 2.34. The number of amides is 1. The molecule has 1 saturated carbocycles. The van der Waals surface area contributed by atoms with Gasteiger partial charge in [0.1, 0.15) is 30.5 Å². The van der Waals surface area contributed by atoms with Gasteiger partial charge in [0.25, 0.3) is 5.91 Å². The highest BCUT2D eigenvalue weighted by molar-refractivity contribution is 6.03. The average molecular weight is 905 g/mol. The Balaban J connectivity index is 0.000000773. The Morgan fingerprint density at radius 1 is 0.864 bits per heavy atom. The lowest BCUT2D eigenvalue weighted by molar-refractivity contribution is -0.140. The number of hydrogen-bond acceptors (Lipinski definition) is 10. The smallest absolute Gasteiger partial charge is 0.305 e. The van der Waals surface area contributed by atoms with E-state index in [4.69, 9.17) is 28.9 Å². The fourth-order valence-electron chi connectivity index (χ4n) is 7.73. The average Bonchev–Trinajstić information content (AvgIpc) is 3.89. The minimum Gasteiger partial charge on any atom is -0.494 e. The molecule has 0 N–H and O–H groups in total. The van der Waals surface area contributed by atoms with Gasteiger partial charge >= 0.3 is 5.97 Å². The summed E-state index contributed by atoms with van der Waals surface area (Å²) in [5, 5.41) is 0. The molecule has 3 aromatic rings. The van der Waals surface area contributed by atoms with Gasteiger partial charge in [0.15, 0.2) is 6.29 Å². The molecule has 1 aliphatic carbocycles. The Morgan fingerprint density at radius 3 is 2.05 bits per heavy atom. The Bertz CT molecular complexity index is 2200. The van der Waals surface area contributed by atoms with Gasteiger partial charge in [0.2, 0.25) is 0 Å². The van der Waals surface area contributed by atoms with Crippen LogP contribution in [0.5, 0.6) is 17.2 Å². The second-order valence-electron chi connectivity index (χ2n) is 17.4. The molecule has 4 aliphatic rings. The molecule has 0 spiro atoms. The molecule has 0 aromatic heterocycles. The number of nitrogens with zero attached hydrogens (tertiary/aromatic N) is 4. The Kier molecular flexibility index (Phi) is 21.9. The molecular formula is C55H76N4O7. The standard InChI is InChI=1S/C44H50N4O7.C5H10.C4H10.C2H6/c1-7-30-15-35(47(5)23-30)21-45-39-19-41(28(3)12-34(39)25-49)54-26-32-14-33(18-37(17-32)53-11-9-10-43(50)52-6)27-55-42-20-40-38(13-29(42)4)44(51)48-24-31(8-2)16-36(48)22-46-40;1-5-3-2-4-5;1-3-4-2;1-2/h7-8,12-14,17-22,25,35-36H,9-11,15-16,23-24,26-27H2,1-6H3;5H,2-4H2,1H3;3-4H2,1-2H3;1-2H3/b30-7+,31-8+,45-21?;;;. The predicted octanol–water partition coefficient (Wildman–Crippen LogP) is 12.5. The van der Waals surface area contributed by atoms with Crippen molar-refractivity contribution in [3.05, 3.63) is 99.1 Å². The largest absolute Gasteiger partial charge is 0.494 e. The van der Waals surface area contributed by atoms with Crippen LogP contribution in [0.3, 0.4) is 0 Å². The molecule has 358 valence electrons. The number of rotatable bonds is 15. The van der Waals surface area contributed by atoms with E-state index in [1.807, 2.05) is 88.3 Å². The van der Waals surface area contributed by atoms with E-state index >= 15 is 0 Å². The number of unbranched alkanes of at least 4 members (excludes halogenated alkanes) is 1. The molecule has 11 nitrogen and oxygen atoms in total. The number of allylic oxidation sites excluding steroid dienone is 2. The summed E-state index contributed by atoms with van der Waals surface area (Å²) in [6.07, 6.45) is 18.4. The van der Waals surface area contributed by atoms with E-state index in [9.17, 15) is 14.4 Å². The normalized spacial score (nSPS) is 18.8. The molecule has 66 heavy (non-hydrogen) atoms. The molecular weight excluding hydrogens is 829 g/mol. The highest BCUT2D eigenvalue weighted by Crippen LogP contribution is 2.36. The number of fused-ring (bicyclic) bond motifs is 2. The predicted molar refractivity (Wildman–Crippen MR) is 269 cm³/mol. The van der Waals surface area contributed by atoms with E-state index in [1.165, 1.54) is 50.4 Å². The summed E-state index contributed by atoms with van der Waals surface area (Å²) in [4.78, 5) is 50.8. The Morgan fingerprint density at radius 2 is 1.48 bits per heavy atom. The number of likely N-dealkylation sites (tertiary alicyclic amines) is 1. The summed E-state index contributed by atoms with van der Waals surface area (Å²) in [7, 11) is 3.44. The molecule has 3 aromatic carbocycles. The van der Waals surface area contributed by atoms with Crippen LogP contribution in [-0.2, 0) is 22.7 Å². The fourth-order valence-corrected chi connectivity index (χ4v) is 7.73. The summed E-state index contributed by atoms with van der Waals surface area (Å²) in [6.45, 7) is 20.8. The Labute approximate surface area is 395 Å². The van der Waals surface area contributed by atoms with Crippen LogP contribution in [0, 0.1) is 19.8 Å². The van der Waals surface area contributed by atoms with Crippen molar-refractivity contribution in [1.29, 1.82) is 0 Å². The van der Waals surface area contributed by atoms with Crippen molar-refractivity contribution in [3.8, 4) is 17.2 Å². The minimum atomic E-state index is -0.289. The van der Waals surface area contributed by atoms with E-state index in [-0.39, 0.29) is 43.6 Å². The Hall–Kier alpha value is -5.55. The van der Waals surface area contributed by atoms with Gasteiger partial charge in [-0.2, -0.15) is 0 Å². The summed E-state index contributed by atoms with van der Waals surface area (Å²) < 4.78 is 23.6. The number of aldehydes is 1. The van der Waals surface area contributed by atoms with Gasteiger partial charge < -0.3 is 23.8 Å². The third-order valence-electron chi connectivity index (χ3n) is 12.3. The van der Waals surface area contributed by atoms with E-state index in [0.29, 0.717) is 59.3 Å². The van der Waals surface area contributed by atoms with E-state index < -0.39 is 0 Å². The fraction of sp³-hybridized carbons (Fsp3) is 0.509. The van der Waals surface area contributed by atoms with Crippen LogP contribution < -0.4 is 14.2 Å². The van der Waals surface area contributed by atoms with Crippen LogP contribution in [0.1, 0.15) is 149 Å². The number of hydrogen-bond donors (Lipinski definition) is 0. The molecule has 1 amide bonds. The quantitative estimate of drug-likeness (QED) is 0.0486. The number of carbonyl (C=O) groups is 3. The monoisotopic (exact) mass is 905 g/mol.